The molecule has 1 N–H and O–H groups in total. The molecule has 0 saturated carbocycles. The minimum Gasteiger partial charge on any atom is -0.306 e. The molecule has 1 aromatic heterocycles. The third-order valence-corrected chi connectivity index (χ3v) is 5.13. The number of nitrogens with one attached hydrogen (secondary N) is 1. The smallest absolute Gasteiger partial charge is 0.0961 e. The van der Waals surface area contributed by atoms with Gasteiger partial charge in [-0.3, -0.25) is 0 Å². The fraction of sp³-hybridized carbons (Fsp3) is 0.412. The molecule has 0 aliphatic rings. The van der Waals surface area contributed by atoms with Crippen molar-refractivity contribution in [2.24, 2.45) is 0 Å². The largest absolute Gasteiger partial charge is 0.306 e. The average Bonchev–Trinajstić information content (AvgIpc) is 2.76. The summed E-state index contributed by atoms with van der Waals surface area (Å²) in [6, 6.07) is 11.3. The van der Waals surface area contributed by atoms with Gasteiger partial charge < -0.3 is 5.32 Å². The molecule has 108 valence electrons. The molecule has 0 fully saturated rings. The number of benzene rings is 1. The number of hydrogen-bond acceptors (Lipinski definition) is 2. The van der Waals surface area contributed by atoms with Gasteiger partial charge >= 0.3 is 0 Å². The summed E-state index contributed by atoms with van der Waals surface area (Å²) in [5.41, 5.74) is 3.84. The zero-order valence-electron chi connectivity index (χ0n) is 12.5. The zero-order chi connectivity index (χ0) is 14.7. The highest BCUT2D eigenvalue weighted by Crippen LogP contribution is 2.34. The predicted octanol–water partition coefficient (Wildman–Crippen LogP) is 5.53. The summed E-state index contributed by atoms with van der Waals surface area (Å²) in [5.74, 6) is 0.570. The highest BCUT2D eigenvalue weighted by Gasteiger charge is 2.16. The van der Waals surface area contributed by atoms with Crippen LogP contribution in [0.5, 0.6) is 0 Å². The van der Waals surface area contributed by atoms with Gasteiger partial charge in [-0.15, -0.1) is 11.3 Å². The Kier molecular flexibility index (Phi) is 5.25. The van der Waals surface area contributed by atoms with Gasteiger partial charge in [0.25, 0.3) is 0 Å². The van der Waals surface area contributed by atoms with Crippen molar-refractivity contribution in [2.45, 2.75) is 39.7 Å². The van der Waals surface area contributed by atoms with Gasteiger partial charge in [0.05, 0.1) is 10.4 Å². The molecule has 0 amide bonds. The lowest BCUT2D eigenvalue weighted by Crippen LogP contribution is -2.21. The summed E-state index contributed by atoms with van der Waals surface area (Å²) < 4.78 is 0.890. The van der Waals surface area contributed by atoms with Crippen molar-refractivity contribution in [2.75, 3.05) is 6.54 Å². The fourth-order valence-electron chi connectivity index (χ4n) is 2.29. The van der Waals surface area contributed by atoms with Crippen LogP contribution in [-0.4, -0.2) is 6.54 Å². The molecule has 20 heavy (non-hydrogen) atoms. The van der Waals surface area contributed by atoms with Crippen molar-refractivity contribution in [1.82, 2.24) is 5.32 Å². The summed E-state index contributed by atoms with van der Waals surface area (Å²) >= 11 is 7.89. The summed E-state index contributed by atoms with van der Waals surface area (Å²) in [6.07, 6.45) is 0. The second-order valence-electron chi connectivity index (χ2n) is 5.42. The quantitative estimate of drug-likeness (QED) is 0.765. The van der Waals surface area contributed by atoms with E-state index in [2.05, 4.69) is 63.3 Å². The second kappa shape index (κ2) is 6.75. The molecular weight excluding hydrogens is 286 g/mol. The number of thiophene rings is 1. The van der Waals surface area contributed by atoms with Crippen LogP contribution in [0.3, 0.4) is 0 Å². The molecule has 0 aliphatic carbocycles. The Balaban J connectivity index is 2.32. The lowest BCUT2D eigenvalue weighted by atomic mass is 9.98. The van der Waals surface area contributed by atoms with Crippen LogP contribution in [0.15, 0.2) is 30.3 Å². The van der Waals surface area contributed by atoms with Crippen LogP contribution in [0.1, 0.15) is 54.3 Å². The van der Waals surface area contributed by atoms with Crippen LogP contribution in [0.2, 0.25) is 4.34 Å². The molecule has 2 aromatic rings. The normalized spacial score (nSPS) is 12.9. The summed E-state index contributed by atoms with van der Waals surface area (Å²) in [5, 5.41) is 3.56. The molecule has 0 saturated heterocycles. The predicted molar refractivity (Wildman–Crippen MR) is 90.1 cm³/mol. The number of aryl methyl sites for hydroxylation is 1. The zero-order valence-corrected chi connectivity index (χ0v) is 14.1. The lowest BCUT2D eigenvalue weighted by Gasteiger charge is -2.18. The first-order chi connectivity index (χ1) is 9.52. The van der Waals surface area contributed by atoms with Crippen molar-refractivity contribution < 1.29 is 0 Å². The van der Waals surface area contributed by atoms with Gasteiger partial charge in [-0.2, -0.15) is 0 Å². The van der Waals surface area contributed by atoms with Crippen molar-refractivity contribution in [3.8, 4) is 0 Å². The Morgan fingerprint density at radius 1 is 1.15 bits per heavy atom. The minimum atomic E-state index is 0.234. The molecule has 1 unspecified atom stereocenters. The Labute approximate surface area is 131 Å². The number of rotatable bonds is 5. The molecule has 1 heterocycles. The SMILES string of the molecule is CCNC(c1ccc(C(C)C)cc1)c1cc(C)c(Cl)s1. The Bertz CT molecular complexity index is 537. The van der Waals surface area contributed by atoms with Crippen LogP contribution in [-0.2, 0) is 0 Å². The molecule has 1 atom stereocenters. The lowest BCUT2D eigenvalue weighted by molar-refractivity contribution is 0.639. The molecule has 0 aliphatic heterocycles. The van der Waals surface area contributed by atoms with Crippen molar-refractivity contribution in [3.05, 3.63) is 56.2 Å². The van der Waals surface area contributed by atoms with Gasteiger partial charge in [0.2, 0.25) is 0 Å². The molecule has 1 nitrogen and oxygen atoms in total. The summed E-state index contributed by atoms with van der Waals surface area (Å²) in [6.45, 7) is 9.58. The molecule has 0 bridgehead atoms. The standard InChI is InChI=1S/C17H22ClNS/c1-5-19-16(15-10-12(4)17(18)20-15)14-8-6-13(7-9-14)11(2)3/h6-11,16,19H,5H2,1-4H3. The van der Waals surface area contributed by atoms with Crippen molar-refractivity contribution in [1.29, 1.82) is 0 Å². The van der Waals surface area contributed by atoms with E-state index >= 15 is 0 Å². The van der Waals surface area contributed by atoms with E-state index in [1.807, 2.05) is 0 Å². The second-order valence-corrected chi connectivity index (χ2v) is 7.10. The minimum absolute atomic E-state index is 0.234. The van der Waals surface area contributed by atoms with Gasteiger partial charge in [0, 0.05) is 4.88 Å². The Morgan fingerprint density at radius 2 is 1.75 bits per heavy atom. The van der Waals surface area contributed by atoms with Gasteiger partial charge in [-0.05, 0) is 42.1 Å². The summed E-state index contributed by atoms with van der Waals surface area (Å²) in [7, 11) is 0. The third-order valence-electron chi connectivity index (χ3n) is 3.51. The van der Waals surface area contributed by atoms with Crippen LogP contribution in [0.25, 0.3) is 0 Å². The van der Waals surface area contributed by atoms with Crippen LogP contribution < -0.4 is 5.32 Å². The molecule has 0 radical (unpaired) electrons. The van der Waals surface area contributed by atoms with Gasteiger partial charge in [0.15, 0.2) is 0 Å². The van der Waals surface area contributed by atoms with E-state index in [1.165, 1.54) is 16.0 Å². The first-order valence-corrected chi connectivity index (χ1v) is 8.31. The molecule has 3 heteroatoms. The molecular formula is C17H22ClNS. The maximum absolute atomic E-state index is 6.22. The Hall–Kier alpha value is -0.830. The van der Waals surface area contributed by atoms with Gasteiger partial charge in [0.1, 0.15) is 0 Å². The first kappa shape index (κ1) is 15.6. The fourth-order valence-corrected chi connectivity index (χ4v) is 3.61. The van der Waals surface area contributed by atoms with E-state index in [-0.39, 0.29) is 6.04 Å². The van der Waals surface area contributed by atoms with E-state index in [1.54, 1.807) is 11.3 Å². The monoisotopic (exact) mass is 307 g/mol. The van der Waals surface area contributed by atoms with Gasteiger partial charge in [-0.25, -0.2) is 0 Å². The van der Waals surface area contributed by atoms with Crippen molar-refractivity contribution >= 4 is 22.9 Å². The molecule has 0 spiro atoms. The van der Waals surface area contributed by atoms with E-state index < -0.39 is 0 Å². The van der Waals surface area contributed by atoms with Gasteiger partial charge in [-0.1, -0.05) is 56.6 Å². The van der Waals surface area contributed by atoms with Crippen LogP contribution in [0, 0.1) is 6.92 Å². The number of halogens is 1. The first-order valence-electron chi connectivity index (χ1n) is 7.12. The van der Waals surface area contributed by atoms with Crippen LogP contribution in [0.4, 0.5) is 0 Å². The van der Waals surface area contributed by atoms with E-state index in [0.29, 0.717) is 5.92 Å². The Morgan fingerprint density at radius 3 is 2.20 bits per heavy atom. The highest BCUT2D eigenvalue weighted by atomic mass is 35.5. The number of hydrogen-bond donors (Lipinski definition) is 1. The maximum atomic E-state index is 6.22. The van der Waals surface area contributed by atoms with E-state index in [9.17, 15) is 0 Å². The van der Waals surface area contributed by atoms with Crippen molar-refractivity contribution in [3.63, 3.8) is 0 Å². The molecule has 2 rings (SSSR count). The topological polar surface area (TPSA) is 12.0 Å². The third kappa shape index (κ3) is 3.43. The highest BCUT2D eigenvalue weighted by molar-refractivity contribution is 7.16. The van der Waals surface area contributed by atoms with E-state index in [4.69, 9.17) is 11.6 Å². The maximum Gasteiger partial charge on any atom is 0.0961 e. The average molecular weight is 308 g/mol. The van der Waals surface area contributed by atoms with Crippen LogP contribution >= 0.6 is 22.9 Å². The molecule has 1 aromatic carbocycles. The van der Waals surface area contributed by atoms with E-state index in [0.717, 1.165) is 16.4 Å². The summed E-state index contributed by atoms with van der Waals surface area (Å²) in [4.78, 5) is 1.28.